The summed E-state index contributed by atoms with van der Waals surface area (Å²) < 4.78 is 26.7. The van der Waals surface area contributed by atoms with Crippen LogP contribution < -0.4 is 5.73 Å². The highest BCUT2D eigenvalue weighted by molar-refractivity contribution is 7.91. The second-order valence-electron chi connectivity index (χ2n) is 3.95. The molecule has 2 N–H and O–H groups in total. The normalized spacial score (nSPS) is 13.8. The summed E-state index contributed by atoms with van der Waals surface area (Å²) in [5, 5.41) is 0. The van der Waals surface area contributed by atoms with E-state index in [2.05, 4.69) is 0 Å². The van der Waals surface area contributed by atoms with Crippen molar-refractivity contribution in [3.05, 3.63) is 17.0 Å². The Balaban J connectivity index is 3.14. The Morgan fingerprint density at radius 2 is 2.11 bits per heavy atom. The molecule has 18 heavy (non-hydrogen) atoms. The third kappa shape index (κ3) is 3.09. The van der Waals surface area contributed by atoms with Crippen molar-refractivity contribution in [1.82, 2.24) is 4.31 Å². The average Bonchev–Trinajstić information content (AvgIpc) is 2.79. The van der Waals surface area contributed by atoms with Crippen molar-refractivity contribution >= 4 is 38.6 Å². The quantitative estimate of drug-likeness (QED) is 0.818. The third-order valence-corrected chi connectivity index (χ3v) is 6.81. The molecule has 0 radical (unpaired) electrons. The molecule has 0 spiro atoms. The number of rotatable bonds is 6. The van der Waals surface area contributed by atoms with Gasteiger partial charge in [0.25, 0.3) is 10.0 Å². The lowest BCUT2D eigenvalue weighted by Gasteiger charge is -2.25. The van der Waals surface area contributed by atoms with E-state index in [1.165, 1.54) is 4.31 Å². The molecule has 0 aromatic carbocycles. The van der Waals surface area contributed by atoms with E-state index in [-0.39, 0.29) is 11.0 Å². The van der Waals surface area contributed by atoms with E-state index in [0.717, 1.165) is 17.8 Å². The molecule has 0 aliphatic rings. The summed E-state index contributed by atoms with van der Waals surface area (Å²) in [4.78, 5) is 0.858. The van der Waals surface area contributed by atoms with E-state index in [0.29, 0.717) is 15.6 Å². The maximum absolute atomic E-state index is 12.5. The first-order valence-corrected chi connectivity index (χ1v) is 8.42. The molecule has 1 unspecified atom stereocenters. The van der Waals surface area contributed by atoms with Gasteiger partial charge in [0.15, 0.2) is 0 Å². The topological polar surface area (TPSA) is 63.4 Å². The molecule has 0 bridgehead atoms. The fourth-order valence-corrected chi connectivity index (χ4v) is 4.82. The van der Waals surface area contributed by atoms with Crippen LogP contribution in [-0.2, 0) is 10.0 Å². The van der Waals surface area contributed by atoms with Crippen LogP contribution >= 0.6 is 23.6 Å². The van der Waals surface area contributed by atoms with Crippen molar-refractivity contribution in [2.45, 2.75) is 37.4 Å². The highest BCUT2D eigenvalue weighted by Gasteiger charge is 2.28. The zero-order chi connectivity index (χ0) is 13.9. The summed E-state index contributed by atoms with van der Waals surface area (Å²) in [5.74, 6) is 0. The number of thiophene rings is 1. The number of hydrogen-bond acceptors (Lipinski definition) is 4. The lowest BCUT2D eigenvalue weighted by atomic mass is 10.3. The van der Waals surface area contributed by atoms with Gasteiger partial charge in [-0.05, 0) is 25.5 Å². The molecule has 4 nitrogen and oxygen atoms in total. The molecule has 1 rings (SSSR count). The van der Waals surface area contributed by atoms with Crippen LogP contribution in [0.4, 0.5) is 0 Å². The molecule has 1 atom stereocenters. The number of nitrogens with zero attached hydrogens (tertiary/aromatic N) is 1. The molecular weight excluding hydrogens is 288 g/mol. The third-order valence-electron chi connectivity index (χ3n) is 2.78. The Morgan fingerprint density at radius 3 is 2.50 bits per heavy atom. The summed E-state index contributed by atoms with van der Waals surface area (Å²) in [6, 6.07) is 3.21. The van der Waals surface area contributed by atoms with Gasteiger partial charge in [0.05, 0.1) is 4.88 Å². The summed E-state index contributed by atoms with van der Waals surface area (Å²) in [6.07, 6.45) is 0.778. The van der Waals surface area contributed by atoms with Gasteiger partial charge in [0.1, 0.15) is 9.20 Å². The Bertz CT molecular complexity index is 522. The predicted octanol–water partition coefficient (Wildman–Crippen LogP) is 2.19. The summed E-state index contributed by atoms with van der Waals surface area (Å²) >= 11 is 5.97. The van der Waals surface area contributed by atoms with Crippen molar-refractivity contribution in [2.75, 3.05) is 6.54 Å². The van der Waals surface area contributed by atoms with Gasteiger partial charge in [-0.2, -0.15) is 4.31 Å². The number of thiocarbonyl (C=S) groups is 1. The Morgan fingerprint density at radius 1 is 1.50 bits per heavy atom. The fourth-order valence-electron chi connectivity index (χ4n) is 1.63. The molecule has 0 fully saturated rings. The molecule has 0 aliphatic carbocycles. The second-order valence-corrected chi connectivity index (χ2v) is 7.59. The molecule has 0 saturated heterocycles. The zero-order valence-electron chi connectivity index (χ0n) is 10.7. The van der Waals surface area contributed by atoms with Crippen LogP contribution in [0, 0.1) is 0 Å². The van der Waals surface area contributed by atoms with Crippen molar-refractivity contribution in [3.63, 3.8) is 0 Å². The number of hydrogen-bond donors (Lipinski definition) is 1. The van der Waals surface area contributed by atoms with Crippen LogP contribution in [0.1, 0.15) is 32.1 Å². The summed E-state index contributed by atoms with van der Waals surface area (Å²) in [7, 11) is -3.44. The van der Waals surface area contributed by atoms with E-state index in [4.69, 9.17) is 18.0 Å². The van der Waals surface area contributed by atoms with E-state index in [1.54, 1.807) is 12.1 Å². The summed E-state index contributed by atoms with van der Waals surface area (Å²) in [5.41, 5.74) is 5.50. The molecular formula is C11H18N2O2S3. The maximum Gasteiger partial charge on any atom is 0.252 e. The SMILES string of the molecule is CCC(C)N(CC)S(=O)(=O)c1ccc(C(N)=S)s1. The maximum atomic E-state index is 12.5. The number of sulfonamides is 1. The monoisotopic (exact) mass is 306 g/mol. The van der Waals surface area contributed by atoms with Crippen molar-refractivity contribution in [2.24, 2.45) is 5.73 Å². The Hall–Kier alpha value is -0.500. The smallest absolute Gasteiger partial charge is 0.252 e. The van der Waals surface area contributed by atoms with Gasteiger partial charge in [-0.15, -0.1) is 11.3 Å². The van der Waals surface area contributed by atoms with Gasteiger partial charge >= 0.3 is 0 Å². The lowest BCUT2D eigenvalue weighted by molar-refractivity contribution is 0.343. The van der Waals surface area contributed by atoms with Crippen LogP contribution in [0.5, 0.6) is 0 Å². The molecule has 0 amide bonds. The van der Waals surface area contributed by atoms with Crippen molar-refractivity contribution in [1.29, 1.82) is 0 Å². The molecule has 1 aromatic heterocycles. The van der Waals surface area contributed by atoms with Crippen molar-refractivity contribution < 1.29 is 8.42 Å². The van der Waals surface area contributed by atoms with Crippen molar-refractivity contribution in [3.8, 4) is 0 Å². The van der Waals surface area contributed by atoms with Gasteiger partial charge in [0, 0.05) is 12.6 Å². The second kappa shape index (κ2) is 6.10. The first-order valence-electron chi connectivity index (χ1n) is 5.76. The van der Waals surface area contributed by atoms with E-state index in [9.17, 15) is 8.42 Å². The molecule has 0 saturated carbocycles. The minimum absolute atomic E-state index is 0.0182. The van der Waals surface area contributed by atoms with Crippen LogP contribution in [0.3, 0.4) is 0 Å². The van der Waals surface area contributed by atoms with Crippen LogP contribution in [0.15, 0.2) is 16.3 Å². The first-order chi connectivity index (χ1) is 8.34. The van der Waals surface area contributed by atoms with E-state index < -0.39 is 10.0 Å². The summed E-state index contributed by atoms with van der Waals surface area (Å²) in [6.45, 7) is 6.17. The Labute approximate surface area is 118 Å². The zero-order valence-corrected chi connectivity index (χ0v) is 13.2. The van der Waals surface area contributed by atoms with Gasteiger partial charge in [-0.25, -0.2) is 8.42 Å². The van der Waals surface area contributed by atoms with E-state index in [1.807, 2.05) is 20.8 Å². The predicted molar refractivity (Wildman–Crippen MR) is 79.5 cm³/mol. The average molecular weight is 306 g/mol. The Kier molecular flexibility index (Phi) is 5.27. The highest BCUT2D eigenvalue weighted by Crippen LogP contribution is 2.26. The molecule has 1 aromatic rings. The van der Waals surface area contributed by atoms with Gasteiger partial charge in [-0.3, -0.25) is 0 Å². The first kappa shape index (κ1) is 15.6. The van der Waals surface area contributed by atoms with Gasteiger partial charge in [0.2, 0.25) is 0 Å². The number of nitrogens with two attached hydrogens (primary N) is 1. The minimum atomic E-state index is -3.44. The van der Waals surface area contributed by atoms with Crippen LogP contribution in [0.2, 0.25) is 0 Å². The standard InChI is InChI=1S/C11H18N2O2S3/c1-4-8(3)13(5-2)18(14,15)10-7-6-9(17-10)11(12)16/h6-8H,4-5H2,1-3H3,(H2,12,16). The van der Waals surface area contributed by atoms with Crippen LogP contribution in [0.25, 0.3) is 0 Å². The van der Waals surface area contributed by atoms with Crippen LogP contribution in [-0.4, -0.2) is 30.3 Å². The van der Waals surface area contributed by atoms with Gasteiger partial charge < -0.3 is 5.73 Å². The molecule has 0 aliphatic heterocycles. The largest absolute Gasteiger partial charge is 0.389 e. The minimum Gasteiger partial charge on any atom is -0.389 e. The molecule has 7 heteroatoms. The fraction of sp³-hybridized carbons (Fsp3) is 0.545. The molecule has 102 valence electrons. The van der Waals surface area contributed by atoms with Gasteiger partial charge in [-0.1, -0.05) is 26.1 Å². The highest BCUT2D eigenvalue weighted by atomic mass is 32.2. The molecule has 1 heterocycles. The van der Waals surface area contributed by atoms with E-state index >= 15 is 0 Å². The lowest BCUT2D eigenvalue weighted by Crippen LogP contribution is -2.37.